The number of imidazole rings is 1. The molecule has 0 amide bonds. The molecule has 0 aliphatic carbocycles. The van der Waals surface area contributed by atoms with Gasteiger partial charge in [-0.05, 0) is 40.3 Å². The van der Waals surface area contributed by atoms with Crippen molar-refractivity contribution in [2.45, 2.75) is 32.7 Å². The Balaban J connectivity index is 2.17. The molecule has 1 fully saturated rings. The summed E-state index contributed by atoms with van der Waals surface area (Å²) in [6.07, 6.45) is 4.71. The Bertz CT molecular complexity index is 345. The minimum Gasteiger partial charge on any atom is -0.356 e. The van der Waals surface area contributed by atoms with Crippen LogP contribution >= 0.6 is 0 Å². The van der Waals surface area contributed by atoms with Crippen LogP contribution in [0, 0.1) is 6.92 Å². The Labute approximate surface area is 97.7 Å². The van der Waals surface area contributed by atoms with Crippen molar-refractivity contribution in [1.82, 2.24) is 14.5 Å². The SMILES string of the molecule is CCNc1nc(C)cn1C1CCCN(C)C1. The van der Waals surface area contributed by atoms with E-state index in [0.717, 1.165) is 24.7 Å². The van der Waals surface area contributed by atoms with Crippen molar-refractivity contribution in [3.05, 3.63) is 11.9 Å². The molecule has 1 atom stereocenters. The largest absolute Gasteiger partial charge is 0.356 e. The third kappa shape index (κ3) is 2.38. The van der Waals surface area contributed by atoms with Crippen LogP contribution in [0.4, 0.5) is 5.95 Å². The van der Waals surface area contributed by atoms with Crippen LogP contribution in [-0.4, -0.2) is 41.1 Å². The van der Waals surface area contributed by atoms with E-state index in [2.05, 4.69) is 46.9 Å². The first kappa shape index (κ1) is 11.5. The number of nitrogens with one attached hydrogen (secondary N) is 1. The van der Waals surface area contributed by atoms with Crippen LogP contribution in [0.25, 0.3) is 0 Å². The highest BCUT2D eigenvalue weighted by Crippen LogP contribution is 2.24. The average molecular weight is 222 g/mol. The first-order valence-electron chi connectivity index (χ1n) is 6.18. The molecule has 2 heterocycles. The van der Waals surface area contributed by atoms with Crippen LogP contribution in [0.1, 0.15) is 31.5 Å². The molecule has 1 N–H and O–H groups in total. The van der Waals surface area contributed by atoms with Crippen LogP contribution in [-0.2, 0) is 0 Å². The number of hydrogen-bond acceptors (Lipinski definition) is 3. The van der Waals surface area contributed by atoms with Gasteiger partial charge in [-0.1, -0.05) is 0 Å². The molecule has 1 saturated heterocycles. The maximum Gasteiger partial charge on any atom is 0.203 e. The topological polar surface area (TPSA) is 33.1 Å². The molecule has 0 bridgehead atoms. The fourth-order valence-corrected chi connectivity index (χ4v) is 2.45. The third-order valence-corrected chi connectivity index (χ3v) is 3.18. The molecule has 0 aromatic carbocycles. The smallest absolute Gasteiger partial charge is 0.203 e. The summed E-state index contributed by atoms with van der Waals surface area (Å²) in [7, 11) is 2.20. The molecule has 16 heavy (non-hydrogen) atoms. The van der Waals surface area contributed by atoms with Gasteiger partial charge in [0.1, 0.15) is 0 Å². The monoisotopic (exact) mass is 222 g/mol. The number of nitrogens with zero attached hydrogens (tertiary/aromatic N) is 3. The lowest BCUT2D eigenvalue weighted by molar-refractivity contribution is 0.213. The average Bonchev–Trinajstić information content (AvgIpc) is 2.60. The summed E-state index contributed by atoms with van der Waals surface area (Å²) in [5.41, 5.74) is 1.10. The van der Waals surface area contributed by atoms with Crippen LogP contribution in [0.15, 0.2) is 6.20 Å². The van der Waals surface area contributed by atoms with Crippen LogP contribution in [0.3, 0.4) is 0 Å². The molecule has 1 aliphatic heterocycles. The number of piperidine rings is 1. The predicted octanol–water partition coefficient (Wildman–Crippen LogP) is 1.89. The van der Waals surface area contributed by atoms with Gasteiger partial charge in [0, 0.05) is 25.3 Å². The fourth-order valence-electron chi connectivity index (χ4n) is 2.45. The van der Waals surface area contributed by atoms with Gasteiger partial charge in [-0.3, -0.25) is 0 Å². The lowest BCUT2D eigenvalue weighted by atomic mass is 10.1. The van der Waals surface area contributed by atoms with E-state index in [4.69, 9.17) is 0 Å². The Morgan fingerprint density at radius 2 is 2.38 bits per heavy atom. The second-order valence-corrected chi connectivity index (χ2v) is 4.70. The van der Waals surface area contributed by atoms with E-state index in [-0.39, 0.29) is 0 Å². The number of aromatic nitrogens is 2. The highest BCUT2D eigenvalue weighted by Gasteiger charge is 2.21. The van der Waals surface area contributed by atoms with Crippen molar-refractivity contribution < 1.29 is 0 Å². The Morgan fingerprint density at radius 1 is 1.56 bits per heavy atom. The minimum atomic E-state index is 0.578. The van der Waals surface area contributed by atoms with Crippen molar-refractivity contribution in [2.24, 2.45) is 0 Å². The van der Waals surface area contributed by atoms with Crippen molar-refractivity contribution in [3.63, 3.8) is 0 Å². The summed E-state index contributed by atoms with van der Waals surface area (Å²) in [6, 6.07) is 0.578. The maximum atomic E-state index is 4.53. The lowest BCUT2D eigenvalue weighted by Gasteiger charge is -2.31. The molecule has 4 nitrogen and oxygen atoms in total. The van der Waals surface area contributed by atoms with Gasteiger partial charge in [-0.25, -0.2) is 4.98 Å². The molecule has 2 rings (SSSR count). The van der Waals surface area contributed by atoms with E-state index in [0.29, 0.717) is 6.04 Å². The number of likely N-dealkylation sites (tertiary alicyclic amines) is 1. The highest BCUT2D eigenvalue weighted by molar-refractivity contribution is 5.29. The number of likely N-dealkylation sites (N-methyl/N-ethyl adjacent to an activating group) is 1. The van der Waals surface area contributed by atoms with Gasteiger partial charge in [0.15, 0.2) is 0 Å². The Hall–Kier alpha value is -1.03. The van der Waals surface area contributed by atoms with Gasteiger partial charge in [0.2, 0.25) is 5.95 Å². The van der Waals surface area contributed by atoms with E-state index in [1.54, 1.807) is 0 Å². The van der Waals surface area contributed by atoms with Crippen molar-refractivity contribution in [1.29, 1.82) is 0 Å². The number of rotatable bonds is 3. The Morgan fingerprint density at radius 3 is 3.06 bits per heavy atom. The number of aryl methyl sites for hydroxylation is 1. The Kier molecular flexibility index (Phi) is 3.49. The zero-order chi connectivity index (χ0) is 11.5. The van der Waals surface area contributed by atoms with E-state index in [1.165, 1.54) is 19.4 Å². The molecule has 90 valence electrons. The van der Waals surface area contributed by atoms with Gasteiger partial charge < -0.3 is 14.8 Å². The minimum absolute atomic E-state index is 0.578. The molecule has 0 spiro atoms. The third-order valence-electron chi connectivity index (χ3n) is 3.18. The summed E-state index contributed by atoms with van der Waals surface area (Å²) < 4.78 is 2.31. The fraction of sp³-hybridized carbons (Fsp3) is 0.750. The van der Waals surface area contributed by atoms with Gasteiger partial charge in [0.05, 0.1) is 5.69 Å². The molecule has 1 aliphatic rings. The zero-order valence-corrected chi connectivity index (χ0v) is 10.5. The summed E-state index contributed by atoms with van der Waals surface area (Å²) in [6.45, 7) is 7.46. The van der Waals surface area contributed by atoms with Crippen molar-refractivity contribution >= 4 is 5.95 Å². The molecule has 0 saturated carbocycles. The van der Waals surface area contributed by atoms with Crippen molar-refractivity contribution in [3.8, 4) is 0 Å². The quantitative estimate of drug-likeness (QED) is 0.848. The first-order chi connectivity index (χ1) is 7.70. The maximum absolute atomic E-state index is 4.53. The lowest BCUT2D eigenvalue weighted by Crippen LogP contribution is -2.33. The first-order valence-corrected chi connectivity index (χ1v) is 6.18. The predicted molar refractivity (Wildman–Crippen MR) is 66.9 cm³/mol. The molecule has 4 heteroatoms. The summed E-state index contributed by atoms with van der Waals surface area (Å²) >= 11 is 0. The molecular weight excluding hydrogens is 200 g/mol. The van der Waals surface area contributed by atoms with Crippen molar-refractivity contribution in [2.75, 3.05) is 32.0 Å². The number of hydrogen-bond donors (Lipinski definition) is 1. The second-order valence-electron chi connectivity index (χ2n) is 4.70. The normalized spacial score (nSPS) is 22.3. The van der Waals surface area contributed by atoms with E-state index in [9.17, 15) is 0 Å². The molecule has 0 radical (unpaired) electrons. The van der Waals surface area contributed by atoms with Crippen LogP contribution in [0.2, 0.25) is 0 Å². The van der Waals surface area contributed by atoms with Crippen LogP contribution < -0.4 is 5.32 Å². The summed E-state index contributed by atoms with van der Waals surface area (Å²) in [5.74, 6) is 1.03. The molecular formula is C12H22N4. The van der Waals surface area contributed by atoms with E-state index in [1.807, 2.05) is 0 Å². The van der Waals surface area contributed by atoms with E-state index >= 15 is 0 Å². The van der Waals surface area contributed by atoms with Gasteiger partial charge in [-0.2, -0.15) is 0 Å². The molecule has 1 unspecified atom stereocenters. The van der Waals surface area contributed by atoms with Gasteiger partial charge in [-0.15, -0.1) is 0 Å². The summed E-state index contributed by atoms with van der Waals surface area (Å²) in [5, 5.41) is 3.34. The summed E-state index contributed by atoms with van der Waals surface area (Å²) in [4.78, 5) is 6.94. The molecule has 1 aromatic rings. The zero-order valence-electron chi connectivity index (χ0n) is 10.5. The highest BCUT2D eigenvalue weighted by atomic mass is 15.2. The number of anilines is 1. The standard InChI is InChI=1S/C12H22N4/c1-4-13-12-14-10(2)8-16(12)11-6-5-7-15(3)9-11/h8,11H,4-7,9H2,1-3H3,(H,13,14). The van der Waals surface area contributed by atoms with Gasteiger partial charge >= 0.3 is 0 Å². The van der Waals surface area contributed by atoms with E-state index < -0.39 is 0 Å². The van der Waals surface area contributed by atoms with Gasteiger partial charge in [0.25, 0.3) is 0 Å². The molecule has 1 aromatic heterocycles. The second kappa shape index (κ2) is 4.87. The van der Waals surface area contributed by atoms with Crippen LogP contribution in [0.5, 0.6) is 0 Å².